The molecule has 5 nitrogen and oxygen atoms in total. The summed E-state index contributed by atoms with van der Waals surface area (Å²) in [6, 6.07) is 0. The number of rotatable bonds is 7. The van der Waals surface area contributed by atoms with Crippen LogP contribution in [0, 0.1) is 22.7 Å². The van der Waals surface area contributed by atoms with Gasteiger partial charge in [-0.25, -0.2) is 4.79 Å². The van der Waals surface area contributed by atoms with Crippen LogP contribution < -0.4 is 0 Å². The van der Waals surface area contributed by atoms with E-state index in [1.165, 1.54) is 5.57 Å². The Bertz CT molecular complexity index is 1440. The fourth-order valence-corrected chi connectivity index (χ4v) is 7.16. The van der Waals surface area contributed by atoms with E-state index in [0.717, 1.165) is 23.1 Å². The van der Waals surface area contributed by atoms with Crippen LogP contribution in [0.15, 0.2) is 94.4 Å². The highest BCUT2D eigenvalue weighted by molar-refractivity contribution is 5.93. The summed E-state index contributed by atoms with van der Waals surface area (Å²) in [7, 11) is 0. The lowest BCUT2D eigenvalue weighted by molar-refractivity contribution is -0.133. The first-order valence-corrected chi connectivity index (χ1v) is 15.4. The molecule has 0 aromatic carbocycles. The molecule has 0 unspecified atom stereocenters. The van der Waals surface area contributed by atoms with Crippen molar-refractivity contribution in [2.24, 2.45) is 10.8 Å². The summed E-state index contributed by atoms with van der Waals surface area (Å²) in [4.78, 5) is 12.5. The number of hydrogen-bond donors (Lipinski definition) is 2. The van der Waals surface area contributed by atoms with Crippen molar-refractivity contribution in [2.75, 3.05) is 0 Å². The van der Waals surface area contributed by atoms with Gasteiger partial charge in [0.1, 0.15) is 17.0 Å². The number of ether oxygens (including phenoxy) is 2. The van der Waals surface area contributed by atoms with Crippen molar-refractivity contribution in [1.82, 2.24) is 0 Å². The Hall–Kier alpha value is -3.17. The van der Waals surface area contributed by atoms with Gasteiger partial charge in [0.15, 0.2) is 0 Å². The second-order valence-corrected chi connectivity index (χ2v) is 14.1. The molecule has 2 aliphatic carbocycles. The molecule has 4 rings (SSSR count). The lowest BCUT2D eigenvalue weighted by atomic mass is 9.63. The van der Waals surface area contributed by atoms with E-state index >= 15 is 0 Å². The molecule has 4 atom stereocenters. The molecule has 0 radical (unpaired) electrons. The van der Waals surface area contributed by atoms with Crippen molar-refractivity contribution in [2.45, 2.75) is 111 Å². The number of hydrogen-bond acceptors (Lipinski definition) is 5. The number of aliphatic hydroxyl groups is 2. The van der Waals surface area contributed by atoms with Crippen LogP contribution in [0.2, 0.25) is 0 Å². The van der Waals surface area contributed by atoms with Gasteiger partial charge in [0.2, 0.25) is 0 Å². The lowest BCUT2D eigenvalue weighted by Crippen LogP contribution is -2.46. The normalized spacial score (nSPS) is 33.2. The molecule has 1 saturated heterocycles. The predicted molar refractivity (Wildman–Crippen MR) is 173 cm³/mol. The molecule has 5 heteroatoms. The number of epoxide rings is 1. The van der Waals surface area contributed by atoms with Gasteiger partial charge in [0, 0.05) is 28.4 Å². The summed E-state index contributed by atoms with van der Waals surface area (Å²) in [5.74, 6) is 6.83. The molecule has 4 aliphatic rings. The Balaban J connectivity index is 1.31. The zero-order valence-corrected chi connectivity index (χ0v) is 27.1. The number of esters is 1. The zero-order valence-electron chi connectivity index (χ0n) is 27.1. The largest absolute Gasteiger partial charge is 0.423 e. The first-order chi connectivity index (χ1) is 20.1. The van der Waals surface area contributed by atoms with E-state index in [-0.39, 0.29) is 34.6 Å². The monoisotopic (exact) mass is 584 g/mol. The molecular weight excluding hydrogens is 536 g/mol. The highest BCUT2D eigenvalue weighted by Gasteiger charge is 2.74. The molecule has 0 bridgehead atoms. The van der Waals surface area contributed by atoms with E-state index in [1.807, 2.05) is 62.5 Å². The van der Waals surface area contributed by atoms with Gasteiger partial charge in [-0.1, -0.05) is 93.7 Å². The van der Waals surface area contributed by atoms with Gasteiger partial charge in [-0.05, 0) is 76.7 Å². The zero-order chi connectivity index (χ0) is 31.6. The number of cyclic esters (lactones) is 1. The average Bonchev–Trinajstić information content (AvgIpc) is 3.34. The van der Waals surface area contributed by atoms with Gasteiger partial charge >= 0.3 is 5.97 Å². The third-order valence-corrected chi connectivity index (χ3v) is 9.17. The van der Waals surface area contributed by atoms with Gasteiger partial charge in [0.05, 0.1) is 12.2 Å². The third-order valence-electron chi connectivity index (χ3n) is 9.17. The molecule has 2 heterocycles. The quantitative estimate of drug-likeness (QED) is 0.106. The topological polar surface area (TPSA) is 79.3 Å². The first kappa shape index (κ1) is 32.7. The predicted octanol–water partition coefficient (Wildman–Crippen LogP) is 7.51. The maximum atomic E-state index is 12.5. The van der Waals surface area contributed by atoms with E-state index in [9.17, 15) is 15.0 Å². The Morgan fingerprint density at radius 1 is 1.00 bits per heavy atom. The fraction of sp³-hybridized carbons (Fsp3) is 0.500. The first-order valence-electron chi connectivity index (χ1n) is 15.4. The van der Waals surface area contributed by atoms with Crippen molar-refractivity contribution in [3.05, 3.63) is 94.4 Å². The summed E-state index contributed by atoms with van der Waals surface area (Å²) < 4.78 is 11.7. The Labute approximate surface area is 258 Å². The standard InChI is InChI=1S/C38H48O5/c1-26(17-18-33-28(3)21-30(39)23-35(33,4)5)14-11-9-10-12-15-27(2)20-32-22-29(34(41)42-32)16-13-19-38-36(6,7)24-31(40)25-37(38,8)43-38/h9-15,19-20,22,30-31,39-40H,16,21,23-25H2,1-8H3/b11-9+,12-10+,19-13+,26-14+,27-15+,32-20-/t30-,31+,37-,38+/m1/s1. The molecule has 0 aromatic heterocycles. The van der Waals surface area contributed by atoms with Crippen molar-refractivity contribution >= 4 is 5.97 Å². The Morgan fingerprint density at radius 3 is 2.37 bits per heavy atom. The fourth-order valence-electron chi connectivity index (χ4n) is 7.16. The molecular formula is C38H48O5. The third kappa shape index (κ3) is 7.32. The molecule has 0 aromatic rings. The van der Waals surface area contributed by atoms with Crippen LogP contribution in [0.1, 0.15) is 87.5 Å². The summed E-state index contributed by atoms with van der Waals surface area (Å²) in [5.41, 5.74) is 3.81. The number of carbonyl (C=O) groups excluding carboxylic acids is 1. The Morgan fingerprint density at radius 2 is 1.70 bits per heavy atom. The van der Waals surface area contributed by atoms with Crippen LogP contribution in [0.3, 0.4) is 0 Å². The van der Waals surface area contributed by atoms with Crippen molar-refractivity contribution < 1.29 is 24.5 Å². The van der Waals surface area contributed by atoms with Gasteiger partial charge in [0.25, 0.3) is 0 Å². The minimum absolute atomic E-state index is 0.107. The minimum atomic E-state index is -0.405. The highest BCUT2D eigenvalue weighted by atomic mass is 16.6. The number of allylic oxidation sites excluding steroid dienone is 12. The van der Waals surface area contributed by atoms with E-state index in [4.69, 9.17) is 9.47 Å². The van der Waals surface area contributed by atoms with Gasteiger partial charge in [-0.15, -0.1) is 0 Å². The van der Waals surface area contributed by atoms with E-state index in [0.29, 0.717) is 37.0 Å². The average molecular weight is 585 g/mol. The molecule has 0 amide bonds. The number of aliphatic hydroxyl groups excluding tert-OH is 2. The molecule has 2 fully saturated rings. The van der Waals surface area contributed by atoms with Crippen LogP contribution >= 0.6 is 0 Å². The van der Waals surface area contributed by atoms with Crippen LogP contribution in [0.5, 0.6) is 0 Å². The Kier molecular flexibility index (Phi) is 9.47. The minimum Gasteiger partial charge on any atom is -0.423 e. The van der Waals surface area contributed by atoms with E-state index in [2.05, 4.69) is 59.5 Å². The number of carbonyl (C=O) groups is 1. The second kappa shape index (κ2) is 12.4. The van der Waals surface area contributed by atoms with Crippen LogP contribution in [-0.4, -0.2) is 39.6 Å². The van der Waals surface area contributed by atoms with Crippen molar-refractivity contribution in [1.29, 1.82) is 0 Å². The maximum absolute atomic E-state index is 12.5. The molecule has 0 spiro atoms. The molecule has 230 valence electrons. The van der Waals surface area contributed by atoms with Crippen molar-refractivity contribution in [3.8, 4) is 11.8 Å². The van der Waals surface area contributed by atoms with Gasteiger partial charge in [-0.3, -0.25) is 0 Å². The SMILES string of the molecule is CC1=C(C#C/C(C)=C/C=C/C=C/C=C(C)/C=C2/C=C(C/C=C/[C@@]34O[C@]3(C)C[C@@H](O)CC4(C)C)C(=O)O2)C(C)(C)C[C@H](O)C1. The number of fused-ring (bicyclic) bond motifs is 1. The smallest absolute Gasteiger partial charge is 0.339 e. The van der Waals surface area contributed by atoms with E-state index in [1.54, 1.807) is 6.08 Å². The van der Waals surface area contributed by atoms with Crippen LogP contribution in [0.25, 0.3) is 0 Å². The highest BCUT2D eigenvalue weighted by Crippen LogP contribution is 2.66. The summed E-state index contributed by atoms with van der Waals surface area (Å²) >= 11 is 0. The lowest BCUT2D eigenvalue weighted by Gasteiger charge is -2.39. The molecule has 43 heavy (non-hydrogen) atoms. The maximum Gasteiger partial charge on any atom is 0.339 e. The molecule has 2 N–H and O–H groups in total. The van der Waals surface area contributed by atoms with Crippen LogP contribution in [0.4, 0.5) is 0 Å². The van der Waals surface area contributed by atoms with E-state index < -0.39 is 5.60 Å². The summed E-state index contributed by atoms with van der Waals surface area (Å²) in [6.07, 6.45) is 22.1. The van der Waals surface area contributed by atoms with Gasteiger partial charge in [-0.2, -0.15) is 0 Å². The summed E-state index contributed by atoms with van der Waals surface area (Å²) in [6.45, 7) is 16.6. The summed E-state index contributed by atoms with van der Waals surface area (Å²) in [5, 5.41) is 20.3. The second-order valence-electron chi connectivity index (χ2n) is 14.1. The van der Waals surface area contributed by atoms with Crippen molar-refractivity contribution in [3.63, 3.8) is 0 Å². The van der Waals surface area contributed by atoms with Gasteiger partial charge < -0.3 is 19.7 Å². The van der Waals surface area contributed by atoms with Crippen LogP contribution in [-0.2, 0) is 14.3 Å². The molecule has 1 saturated carbocycles. The molecule has 2 aliphatic heterocycles.